The van der Waals surface area contributed by atoms with Gasteiger partial charge in [-0.25, -0.2) is 17.2 Å². The van der Waals surface area contributed by atoms with Gasteiger partial charge in [0.05, 0.1) is 30.1 Å². The average Bonchev–Trinajstić information content (AvgIpc) is 3.25. The first-order valence-corrected chi connectivity index (χ1v) is 15.1. The summed E-state index contributed by atoms with van der Waals surface area (Å²) in [5.74, 6) is -3.12. The lowest BCUT2D eigenvalue weighted by molar-refractivity contribution is -0.145. The van der Waals surface area contributed by atoms with Crippen LogP contribution in [0.15, 0.2) is 47.4 Å². The first-order chi connectivity index (χ1) is 16.2. The van der Waals surface area contributed by atoms with Gasteiger partial charge >= 0.3 is 0 Å². The van der Waals surface area contributed by atoms with Crippen LogP contribution in [-0.2, 0) is 45.0 Å². The molecule has 0 unspecified atom stereocenters. The monoisotopic (exact) mass is 552 g/mol. The molecule has 0 aliphatic carbocycles. The Kier molecular flexibility index (Phi) is 8.31. The molecule has 1 aliphatic rings. The van der Waals surface area contributed by atoms with E-state index in [0.29, 0.717) is 11.6 Å². The van der Waals surface area contributed by atoms with Crippen LogP contribution in [0.1, 0.15) is 18.1 Å². The van der Waals surface area contributed by atoms with Crippen LogP contribution in [0.2, 0.25) is 0 Å². The van der Waals surface area contributed by atoms with Crippen LogP contribution in [0.3, 0.4) is 0 Å². The summed E-state index contributed by atoms with van der Waals surface area (Å²) in [4.78, 5) is 0.120. The fraction of sp³-hybridized carbons (Fsp3) is 0.455. The van der Waals surface area contributed by atoms with Crippen molar-refractivity contribution in [1.29, 1.82) is 0 Å². The third-order valence-electron chi connectivity index (χ3n) is 5.56. The standard InChI is InChI=1S/C22H26F2O8S3/c1-15(21(25,13-32-35(3,28)29)19-9-6-17(23)12-20(19)24)33-14-22(30-10-11-31-22)16-4-7-18(8-5-16)34(2,26)27/h4-9,12,15,25H,10-11,13-14H2,1-3H3/t15-,21-/m1/s1. The van der Waals surface area contributed by atoms with Crippen molar-refractivity contribution in [3.8, 4) is 0 Å². The second-order valence-electron chi connectivity index (χ2n) is 8.21. The van der Waals surface area contributed by atoms with Crippen LogP contribution in [0.5, 0.6) is 0 Å². The van der Waals surface area contributed by atoms with Crippen LogP contribution in [0.4, 0.5) is 8.78 Å². The van der Waals surface area contributed by atoms with Crippen LogP contribution >= 0.6 is 11.8 Å². The zero-order valence-corrected chi connectivity index (χ0v) is 21.7. The molecule has 194 valence electrons. The topological polar surface area (TPSA) is 116 Å². The van der Waals surface area contributed by atoms with E-state index in [1.807, 2.05) is 0 Å². The lowest BCUT2D eigenvalue weighted by atomic mass is 9.91. The summed E-state index contributed by atoms with van der Waals surface area (Å²) in [7, 11) is -7.40. The Morgan fingerprint density at radius 1 is 1.09 bits per heavy atom. The van der Waals surface area contributed by atoms with Gasteiger partial charge in [-0.2, -0.15) is 8.42 Å². The lowest BCUT2D eigenvalue weighted by Crippen LogP contribution is -2.43. The summed E-state index contributed by atoms with van der Waals surface area (Å²) < 4.78 is 91.4. The molecule has 1 aliphatic heterocycles. The molecular weight excluding hydrogens is 526 g/mol. The molecule has 0 aromatic heterocycles. The molecule has 3 rings (SSSR count). The zero-order chi connectivity index (χ0) is 26.1. The van der Waals surface area contributed by atoms with Crippen LogP contribution < -0.4 is 0 Å². The van der Waals surface area contributed by atoms with E-state index in [-0.39, 0.29) is 29.4 Å². The predicted molar refractivity (Wildman–Crippen MR) is 126 cm³/mol. The zero-order valence-electron chi connectivity index (χ0n) is 19.2. The van der Waals surface area contributed by atoms with Crippen molar-refractivity contribution in [3.63, 3.8) is 0 Å². The molecule has 13 heteroatoms. The van der Waals surface area contributed by atoms with E-state index >= 15 is 0 Å². The van der Waals surface area contributed by atoms with Crippen molar-refractivity contribution in [3.05, 3.63) is 65.2 Å². The van der Waals surface area contributed by atoms with Crippen molar-refractivity contribution in [2.24, 2.45) is 0 Å². The quantitative estimate of drug-likeness (QED) is 0.444. The summed E-state index contributed by atoms with van der Waals surface area (Å²) in [6.45, 7) is 1.25. The van der Waals surface area contributed by atoms with Crippen molar-refractivity contribution in [2.75, 3.05) is 38.1 Å². The second kappa shape index (κ2) is 10.4. The average molecular weight is 553 g/mol. The second-order valence-corrected chi connectivity index (χ2v) is 13.2. The number of hydrogen-bond donors (Lipinski definition) is 1. The number of halogens is 2. The number of rotatable bonds is 10. The molecule has 2 aromatic rings. The summed E-state index contributed by atoms with van der Waals surface area (Å²) in [6, 6.07) is 8.56. The molecule has 8 nitrogen and oxygen atoms in total. The van der Waals surface area contributed by atoms with E-state index in [0.717, 1.165) is 36.4 Å². The van der Waals surface area contributed by atoms with Gasteiger partial charge in [0.2, 0.25) is 5.79 Å². The third kappa shape index (κ3) is 6.59. The molecule has 1 N–H and O–H groups in total. The molecular formula is C22H26F2O8S3. The Labute approximate surface area is 207 Å². The van der Waals surface area contributed by atoms with Gasteiger partial charge in [0.25, 0.3) is 10.1 Å². The predicted octanol–water partition coefficient (Wildman–Crippen LogP) is 2.55. The largest absolute Gasteiger partial charge is 0.381 e. The minimum Gasteiger partial charge on any atom is -0.381 e. The fourth-order valence-corrected chi connectivity index (χ4v) is 5.87. The minimum atomic E-state index is -3.99. The van der Waals surface area contributed by atoms with Gasteiger partial charge in [-0.1, -0.05) is 25.1 Å². The molecule has 1 saturated heterocycles. The minimum absolute atomic E-state index is 0.0797. The molecule has 2 atom stereocenters. The molecule has 0 bridgehead atoms. The number of benzene rings is 2. The van der Waals surface area contributed by atoms with Crippen LogP contribution in [0.25, 0.3) is 0 Å². The van der Waals surface area contributed by atoms with E-state index in [2.05, 4.69) is 0 Å². The number of aliphatic hydroxyl groups is 1. The molecule has 1 heterocycles. The van der Waals surface area contributed by atoms with Gasteiger partial charge < -0.3 is 14.6 Å². The highest BCUT2D eigenvalue weighted by Crippen LogP contribution is 2.41. The summed E-state index contributed by atoms with van der Waals surface area (Å²) in [5.41, 5.74) is -1.96. The van der Waals surface area contributed by atoms with E-state index in [1.165, 1.54) is 19.1 Å². The molecule has 0 spiro atoms. The van der Waals surface area contributed by atoms with Gasteiger partial charge in [-0.3, -0.25) is 4.18 Å². The summed E-state index contributed by atoms with van der Waals surface area (Å²) in [5, 5.41) is 10.5. The normalized spacial score (nSPS) is 18.8. The smallest absolute Gasteiger partial charge is 0.264 e. The van der Waals surface area contributed by atoms with E-state index in [1.54, 1.807) is 12.1 Å². The number of hydrogen-bond acceptors (Lipinski definition) is 9. The highest BCUT2D eigenvalue weighted by atomic mass is 32.2. The summed E-state index contributed by atoms with van der Waals surface area (Å²) >= 11 is 1.09. The maximum atomic E-state index is 14.6. The maximum Gasteiger partial charge on any atom is 0.264 e. The summed E-state index contributed by atoms with van der Waals surface area (Å²) in [6.07, 6.45) is 1.88. The first kappa shape index (κ1) is 28.0. The SMILES string of the molecule is C[C@@H](SCC1(c2ccc(S(C)(=O)=O)cc2)OCCO1)[C@](O)(COS(C)(=O)=O)c1ccc(F)cc1F. The Morgan fingerprint density at radius 3 is 2.20 bits per heavy atom. The highest BCUT2D eigenvalue weighted by Gasteiger charge is 2.44. The van der Waals surface area contributed by atoms with Gasteiger partial charge in [0.1, 0.15) is 23.8 Å². The fourth-order valence-electron chi connectivity index (χ4n) is 3.57. The third-order valence-corrected chi connectivity index (χ3v) is 8.67. The van der Waals surface area contributed by atoms with E-state index in [4.69, 9.17) is 13.7 Å². The van der Waals surface area contributed by atoms with E-state index < -0.39 is 54.8 Å². The Hall–Kier alpha value is -1.61. The number of sulfone groups is 1. The highest BCUT2D eigenvalue weighted by molar-refractivity contribution is 8.00. The van der Waals surface area contributed by atoms with E-state index in [9.17, 15) is 30.7 Å². The molecule has 0 radical (unpaired) electrons. The first-order valence-electron chi connectivity index (χ1n) is 10.4. The number of thioether (sulfide) groups is 1. The van der Waals surface area contributed by atoms with Crippen LogP contribution in [-0.4, -0.2) is 65.3 Å². The van der Waals surface area contributed by atoms with Crippen LogP contribution in [0, 0.1) is 11.6 Å². The molecule has 0 amide bonds. The molecule has 0 saturated carbocycles. The Morgan fingerprint density at radius 2 is 1.69 bits per heavy atom. The number of ether oxygens (including phenoxy) is 2. The van der Waals surface area contributed by atoms with Gasteiger partial charge in [-0.15, -0.1) is 11.8 Å². The maximum absolute atomic E-state index is 14.6. The van der Waals surface area contributed by atoms with Gasteiger partial charge in [0.15, 0.2) is 9.84 Å². The van der Waals surface area contributed by atoms with Crippen molar-refractivity contribution in [1.82, 2.24) is 0 Å². The van der Waals surface area contributed by atoms with Crippen molar-refractivity contribution in [2.45, 2.75) is 28.5 Å². The molecule has 35 heavy (non-hydrogen) atoms. The van der Waals surface area contributed by atoms with Crippen molar-refractivity contribution < 1.29 is 44.4 Å². The lowest BCUT2D eigenvalue weighted by Gasteiger charge is -2.36. The van der Waals surface area contributed by atoms with Gasteiger partial charge in [0, 0.05) is 28.7 Å². The van der Waals surface area contributed by atoms with Gasteiger partial charge in [-0.05, 0) is 18.2 Å². The molecule has 1 fully saturated rings. The Bertz CT molecular complexity index is 1260. The van der Waals surface area contributed by atoms with Crippen molar-refractivity contribution >= 4 is 31.7 Å². The Balaban J connectivity index is 1.90. The molecule has 2 aromatic carbocycles.